The van der Waals surface area contributed by atoms with Crippen LogP contribution in [0.25, 0.3) is 10.8 Å². The van der Waals surface area contributed by atoms with Crippen LogP contribution in [0.2, 0.25) is 0 Å². The van der Waals surface area contributed by atoms with E-state index in [1.807, 2.05) is 42.6 Å². The highest BCUT2D eigenvalue weighted by Gasteiger charge is 2.14. The number of nitrogens with one attached hydrogen (secondary N) is 1. The largest absolute Gasteiger partial charge is 0.465 e. The van der Waals surface area contributed by atoms with Crippen LogP contribution in [-0.4, -0.2) is 28.6 Å². The Morgan fingerprint density at radius 3 is 2.76 bits per heavy atom. The van der Waals surface area contributed by atoms with Crippen LogP contribution in [0, 0.1) is 0 Å². The van der Waals surface area contributed by atoms with Gasteiger partial charge in [-0.05, 0) is 43.2 Å². The second-order valence-electron chi connectivity index (χ2n) is 5.64. The molecule has 25 heavy (non-hydrogen) atoms. The fourth-order valence-corrected chi connectivity index (χ4v) is 2.56. The van der Waals surface area contributed by atoms with E-state index < -0.39 is 6.04 Å². The Morgan fingerprint density at radius 1 is 1.20 bits per heavy atom. The number of pyridine rings is 2. The van der Waals surface area contributed by atoms with Crippen LogP contribution in [0.3, 0.4) is 0 Å². The van der Waals surface area contributed by atoms with E-state index in [4.69, 9.17) is 10.5 Å². The Morgan fingerprint density at radius 2 is 2.00 bits per heavy atom. The number of hydrogen-bond donors (Lipinski definition) is 2. The van der Waals surface area contributed by atoms with E-state index in [1.165, 1.54) is 0 Å². The van der Waals surface area contributed by atoms with E-state index in [1.54, 1.807) is 19.3 Å². The van der Waals surface area contributed by atoms with Crippen LogP contribution in [0.4, 0.5) is 11.5 Å². The zero-order valence-electron chi connectivity index (χ0n) is 14.0. The smallest absolute Gasteiger partial charge is 0.323 e. The van der Waals surface area contributed by atoms with Crippen molar-refractivity contribution < 1.29 is 9.53 Å². The summed E-state index contributed by atoms with van der Waals surface area (Å²) in [5.74, 6) is 0.397. The molecule has 2 heterocycles. The molecule has 3 rings (SSSR count). The highest BCUT2D eigenvalue weighted by atomic mass is 16.5. The molecule has 0 aliphatic rings. The first-order valence-corrected chi connectivity index (χ1v) is 8.14. The molecule has 128 valence electrons. The number of rotatable bonds is 6. The van der Waals surface area contributed by atoms with Crippen molar-refractivity contribution in [1.29, 1.82) is 0 Å². The zero-order chi connectivity index (χ0) is 17.6. The van der Waals surface area contributed by atoms with Gasteiger partial charge in [0, 0.05) is 35.1 Å². The van der Waals surface area contributed by atoms with Gasteiger partial charge in [-0.25, -0.2) is 4.98 Å². The molecular weight excluding hydrogens is 316 g/mol. The van der Waals surface area contributed by atoms with Crippen LogP contribution < -0.4 is 11.1 Å². The number of carbonyl (C=O) groups excluding carboxylic acids is 1. The van der Waals surface area contributed by atoms with Crippen molar-refractivity contribution in [3.05, 3.63) is 60.6 Å². The maximum atomic E-state index is 11.6. The van der Waals surface area contributed by atoms with Gasteiger partial charge < -0.3 is 15.8 Å². The minimum absolute atomic E-state index is 0.336. The van der Waals surface area contributed by atoms with E-state index in [9.17, 15) is 4.79 Å². The molecule has 3 aromatic rings. The summed E-state index contributed by atoms with van der Waals surface area (Å²) in [5.41, 5.74) is 7.73. The predicted octanol–water partition coefficient (Wildman–Crippen LogP) is 2.81. The van der Waals surface area contributed by atoms with Gasteiger partial charge in [0.1, 0.15) is 11.9 Å². The summed E-state index contributed by atoms with van der Waals surface area (Å²) in [7, 11) is 0. The maximum Gasteiger partial charge on any atom is 0.323 e. The molecule has 1 atom stereocenters. The summed E-state index contributed by atoms with van der Waals surface area (Å²) in [6, 6.07) is 11.0. The van der Waals surface area contributed by atoms with Gasteiger partial charge in [0.2, 0.25) is 0 Å². The topological polar surface area (TPSA) is 90.1 Å². The number of fused-ring (bicyclic) bond motifs is 1. The van der Waals surface area contributed by atoms with Crippen LogP contribution in [0.15, 0.2) is 55.0 Å². The molecule has 6 nitrogen and oxygen atoms in total. The molecule has 0 amide bonds. The number of aromatic nitrogens is 2. The molecule has 3 N–H and O–H groups in total. The number of carbonyl (C=O) groups is 1. The van der Waals surface area contributed by atoms with Crippen LogP contribution in [0.1, 0.15) is 12.5 Å². The average Bonchev–Trinajstić information content (AvgIpc) is 2.64. The summed E-state index contributed by atoms with van der Waals surface area (Å²) >= 11 is 0. The van der Waals surface area contributed by atoms with Crippen molar-refractivity contribution in [2.75, 3.05) is 11.9 Å². The molecule has 6 heteroatoms. The molecule has 0 unspecified atom stereocenters. The van der Waals surface area contributed by atoms with Crippen molar-refractivity contribution in [2.24, 2.45) is 5.73 Å². The van der Waals surface area contributed by atoms with Gasteiger partial charge in [0.05, 0.1) is 6.61 Å². The molecule has 0 radical (unpaired) electrons. The van der Waals surface area contributed by atoms with Crippen molar-refractivity contribution in [2.45, 2.75) is 19.4 Å². The number of nitrogens with zero attached hydrogens (tertiary/aromatic N) is 2. The van der Waals surface area contributed by atoms with E-state index in [0.29, 0.717) is 13.0 Å². The third kappa shape index (κ3) is 4.10. The van der Waals surface area contributed by atoms with Crippen LogP contribution in [-0.2, 0) is 16.0 Å². The van der Waals surface area contributed by atoms with Gasteiger partial charge in [-0.3, -0.25) is 9.78 Å². The normalized spacial score (nSPS) is 11.9. The molecule has 0 saturated carbocycles. The van der Waals surface area contributed by atoms with Crippen molar-refractivity contribution in [3.63, 3.8) is 0 Å². The Kier molecular flexibility index (Phi) is 5.20. The lowest BCUT2D eigenvalue weighted by molar-refractivity contribution is -0.144. The lowest BCUT2D eigenvalue weighted by Gasteiger charge is -2.12. The lowest BCUT2D eigenvalue weighted by Crippen LogP contribution is -2.34. The zero-order valence-corrected chi connectivity index (χ0v) is 14.0. The Labute approximate surface area is 146 Å². The minimum atomic E-state index is -0.647. The maximum absolute atomic E-state index is 11.6. The first-order chi connectivity index (χ1) is 12.2. The monoisotopic (exact) mass is 336 g/mol. The van der Waals surface area contributed by atoms with Crippen molar-refractivity contribution >= 4 is 28.2 Å². The summed E-state index contributed by atoms with van der Waals surface area (Å²) < 4.78 is 4.93. The van der Waals surface area contributed by atoms with Gasteiger partial charge in [-0.15, -0.1) is 0 Å². The summed E-state index contributed by atoms with van der Waals surface area (Å²) in [5, 5.41) is 5.34. The van der Waals surface area contributed by atoms with E-state index >= 15 is 0 Å². The second kappa shape index (κ2) is 7.72. The highest BCUT2D eigenvalue weighted by Crippen LogP contribution is 2.23. The fraction of sp³-hybridized carbons (Fsp3) is 0.211. The standard InChI is InChI=1S/C19H20N4O2/c1-2-25-19(24)17(20)11-13-3-5-15(6-4-13)23-18-16-8-9-21-12-14(16)7-10-22-18/h3-10,12,17H,2,11,20H2,1H3,(H,22,23)/t17-/m0/s1. The van der Waals surface area contributed by atoms with Crippen molar-refractivity contribution in [3.8, 4) is 0 Å². The number of hydrogen-bond acceptors (Lipinski definition) is 6. The van der Waals surface area contributed by atoms with E-state index in [0.717, 1.165) is 27.8 Å². The third-order valence-electron chi connectivity index (χ3n) is 3.83. The minimum Gasteiger partial charge on any atom is -0.465 e. The summed E-state index contributed by atoms with van der Waals surface area (Å²) in [6.07, 6.45) is 5.74. The molecule has 1 aromatic carbocycles. The molecular formula is C19H20N4O2. The number of nitrogens with two attached hydrogens (primary N) is 1. The molecule has 2 aromatic heterocycles. The molecule has 0 spiro atoms. The van der Waals surface area contributed by atoms with Gasteiger partial charge in [-0.1, -0.05) is 12.1 Å². The third-order valence-corrected chi connectivity index (χ3v) is 3.83. The van der Waals surface area contributed by atoms with Crippen molar-refractivity contribution in [1.82, 2.24) is 9.97 Å². The molecule has 0 aliphatic heterocycles. The quantitative estimate of drug-likeness (QED) is 0.673. The highest BCUT2D eigenvalue weighted by molar-refractivity contribution is 5.92. The number of anilines is 2. The average molecular weight is 336 g/mol. The van der Waals surface area contributed by atoms with Gasteiger partial charge >= 0.3 is 5.97 Å². The summed E-state index contributed by atoms with van der Waals surface area (Å²) in [4.78, 5) is 20.1. The second-order valence-corrected chi connectivity index (χ2v) is 5.64. The molecule has 0 bridgehead atoms. The first-order valence-electron chi connectivity index (χ1n) is 8.14. The Hall–Kier alpha value is -2.99. The molecule has 0 aliphatic carbocycles. The van der Waals surface area contributed by atoms with Gasteiger partial charge in [-0.2, -0.15) is 0 Å². The number of ether oxygens (including phenoxy) is 1. The first kappa shape index (κ1) is 16.9. The Bertz CT molecular complexity index is 859. The Balaban J connectivity index is 1.71. The van der Waals surface area contributed by atoms with Crippen LogP contribution in [0.5, 0.6) is 0 Å². The van der Waals surface area contributed by atoms with Crippen LogP contribution >= 0.6 is 0 Å². The number of esters is 1. The predicted molar refractivity (Wildman–Crippen MR) is 97.6 cm³/mol. The SMILES string of the molecule is CCOC(=O)[C@@H](N)Cc1ccc(Nc2nccc3cnccc23)cc1. The number of benzene rings is 1. The molecule has 0 fully saturated rings. The van der Waals surface area contributed by atoms with Gasteiger partial charge in [0.15, 0.2) is 0 Å². The van der Waals surface area contributed by atoms with Gasteiger partial charge in [0.25, 0.3) is 0 Å². The van der Waals surface area contributed by atoms with E-state index in [-0.39, 0.29) is 5.97 Å². The lowest BCUT2D eigenvalue weighted by atomic mass is 10.1. The van der Waals surface area contributed by atoms with E-state index in [2.05, 4.69) is 15.3 Å². The molecule has 0 saturated heterocycles. The fourth-order valence-electron chi connectivity index (χ4n) is 2.56. The summed E-state index contributed by atoms with van der Waals surface area (Å²) in [6.45, 7) is 2.10.